The molecule has 4 heteroatoms. The first-order valence-electron chi connectivity index (χ1n) is 5.28. The summed E-state index contributed by atoms with van der Waals surface area (Å²) in [6.45, 7) is 8.75. The highest BCUT2D eigenvalue weighted by Gasteiger charge is 2.12. The van der Waals surface area contributed by atoms with Crippen molar-refractivity contribution in [1.29, 1.82) is 0 Å². The summed E-state index contributed by atoms with van der Waals surface area (Å²) in [5.74, 6) is 0. The number of aryl methyl sites for hydroxylation is 1. The molecule has 0 saturated heterocycles. The van der Waals surface area contributed by atoms with Crippen LogP contribution in [-0.4, -0.2) is 10.5 Å². The highest BCUT2D eigenvalue weighted by molar-refractivity contribution is 5.41. The first kappa shape index (κ1) is 12.6. The third kappa shape index (κ3) is 3.62. The molecule has 0 aliphatic carbocycles. The van der Waals surface area contributed by atoms with E-state index >= 15 is 0 Å². The maximum Gasteiger partial charge on any atom is 0.272 e. The van der Waals surface area contributed by atoms with Crippen molar-refractivity contribution in [1.82, 2.24) is 5.32 Å². The van der Waals surface area contributed by atoms with Crippen LogP contribution in [0.2, 0.25) is 0 Å². The summed E-state index contributed by atoms with van der Waals surface area (Å²) < 4.78 is 0. The number of rotatable bonds is 3. The van der Waals surface area contributed by atoms with Gasteiger partial charge in [-0.3, -0.25) is 10.1 Å². The average Bonchev–Trinajstić information content (AvgIpc) is 2.13. The molecule has 0 fully saturated rings. The molecule has 0 spiro atoms. The van der Waals surface area contributed by atoms with Crippen LogP contribution in [0.1, 0.15) is 31.9 Å². The Morgan fingerprint density at radius 3 is 2.44 bits per heavy atom. The fraction of sp³-hybridized carbons (Fsp3) is 0.500. The van der Waals surface area contributed by atoms with E-state index in [1.807, 2.05) is 6.07 Å². The Bertz CT molecular complexity index is 394. The van der Waals surface area contributed by atoms with Crippen molar-refractivity contribution in [2.75, 3.05) is 0 Å². The lowest BCUT2D eigenvalue weighted by molar-refractivity contribution is -0.385. The topological polar surface area (TPSA) is 55.2 Å². The van der Waals surface area contributed by atoms with Crippen LogP contribution in [-0.2, 0) is 6.54 Å². The average molecular weight is 222 g/mol. The molecule has 88 valence electrons. The number of benzene rings is 1. The standard InChI is InChI=1S/C12H18N2O2/c1-9-7-10(8-13-12(2,3)4)5-6-11(9)14(15)16/h5-7,13H,8H2,1-4H3. The molecule has 0 amide bonds. The summed E-state index contributed by atoms with van der Waals surface area (Å²) in [5, 5.41) is 14.0. The van der Waals surface area contributed by atoms with Crippen molar-refractivity contribution in [3.63, 3.8) is 0 Å². The molecule has 1 aromatic carbocycles. The second-order valence-corrected chi connectivity index (χ2v) is 4.98. The number of nitrogens with one attached hydrogen (secondary N) is 1. The van der Waals surface area contributed by atoms with Crippen LogP contribution < -0.4 is 5.32 Å². The lowest BCUT2D eigenvalue weighted by Crippen LogP contribution is -2.35. The van der Waals surface area contributed by atoms with Crippen molar-refractivity contribution in [3.8, 4) is 0 Å². The molecule has 1 rings (SSSR count). The van der Waals surface area contributed by atoms with Gasteiger partial charge < -0.3 is 5.32 Å². The summed E-state index contributed by atoms with van der Waals surface area (Å²) in [4.78, 5) is 10.3. The molecular weight excluding hydrogens is 204 g/mol. The Hall–Kier alpha value is -1.42. The van der Waals surface area contributed by atoms with Gasteiger partial charge in [-0.25, -0.2) is 0 Å². The van der Waals surface area contributed by atoms with E-state index in [1.54, 1.807) is 19.1 Å². The second-order valence-electron chi connectivity index (χ2n) is 4.98. The van der Waals surface area contributed by atoms with E-state index in [4.69, 9.17) is 0 Å². The van der Waals surface area contributed by atoms with Gasteiger partial charge in [0.15, 0.2) is 0 Å². The summed E-state index contributed by atoms with van der Waals surface area (Å²) in [5.41, 5.74) is 2.01. The predicted molar refractivity (Wildman–Crippen MR) is 64.4 cm³/mol. The van der Waals surface area contributed by atoms with Crippen LogP contribution in [0.4, 0.5) is 5.69 Å². The number of nitro groups is 1. The van der Waals surface area contributed by atoms with Gasteiger partial charge in [-0.2, -0.15) is 0 Å². The van der Waals surface area contributed by atoms with Crippen LogP contribution >= 0.6 is 0 Å². The fourth-order valence-electron chi connectivity index (χ4n) is 1.40. The van der Waals surface area contributed by atoms with E-state index in [-0.39, 0.29) is 16.1 Å². The van der Waals surface area contributed by atoms with Gasteiger partial charge in [-0.15, -0.1) is 0 Å². The third-order valence-corrected chi connectivity index (χ3v) is 2.28. The summed E-state index contributed by atoms with van der Waals surface area (Å²) >= 11 is 0. The molecule has 0 atom stereocenters. The van der Waals surface area contributed by atoms with Gasteiger partial charge in [0.2, 0.25) is 0 Å². The van der Waals surface area contributed by atoms with Gasteiger partial charge in [0.05, 0.1) is 4.92 Å². The first-order chi connectivity index (χ1) is 7.29. The van der Waals surface area contributed by atoms with Gasteiger partial charge in [-0.05, 0) is 39.3 Å². The highest BCUT2D eigenvalue weighted by Crippen LogP contribution is 2.18. The van der Waals surface area contributed by atoms with Gasteiger partial charge in [0, 0.05) is 23.7 Å². The SMILES string of the molecule is Cc1cc(CNC(C)(C)C)ccc1[N+](=O)[O-]. The second kappa shape index (κ2) is 4.61. The van der Waals surface area contributed by atoms with Crippen molar-refractivity contribution in [3.05, 3.63) is 39.4 Å². The Morgan fingerprint density at radius 2 is 2.00 bits per heavy atom. The summed E-state index contributed by atoms with van der Waals surface area (Å²) in [6.07, 6.45) is 0. The van der Waals surface area contributed by atoms with E-state index < -0.39 is 0 Å². The largest absolute Gasteiger partial charge is 0.308 e. The third-order valence-electron chi connectivity index (χ3n) is 2.28. The lowest BCUT2D eigenvalue weighted by Gasteiger charge is -2.20. The molecule has 0 bridgehead atoms. The highest BCUT2D eigenvalue weighted by atomic mass is 16.6. The van der Waals surface area contributed by atoms with Crippen molar-refractivity contribution < 1.29 is 4.92 Å². The number of hydrogen-bond donors (Lipinski definition) is 1. The monoisotopic (exact) mass is 222 g/mol. The molecule has 1 aromatic rings. The minimum Gasteiger partial charge on any atom is -0.308 e. The molecule has 1 N–H and O–H groups in total. The Kier molecular flexibility index (Phi) is 3.65. The smallest absolute Gasteiger partial charge is 0.272 e. The molecule has 0 unspecified atom stereocenters. The van der Waals surface area contributed by atoms with E-state index in [2.05, 4.69) is 26.1 Å². The number of nitro benzene ring substituents is 1. The molecular formula is C12H18N2O2. The maximum atomic E-state index is 10.6. The van der Waals surface area contributed by atoms with Gasteiger partial charge in [-0.1, -0.05) is 6.07 Å². The lowest BCUT2D eigenvalue weighted by atomic mass is 10.1. The van der Waals surface area contributed by atoms with Gasteiger partial charge in [0.1, 0.15) is 0 Å². The molecule has 4 nitrogen and oxygen atoms in total. The first-order valence-corrected chi connectivity index (χ1v) is 5.28. The molecule has 0 heterocycles. The zero-order valence-corrected chi connectivity index (χ0v) is 10.2. The molecule has 0 saturated carbocycles. The van der Waals surface area contributed by atoms with Crippen LogP contribution in [0, 0.1) is 17.0 Å². The van der Waals surface area contributed by atoms with Crippen LogP contribution in [0.15, 0.2) is 18.2 Å². The molecule has 0 aliphatic rings. The summed E-state index contributed by atoms with van der Waals surface area (Å²) in [7, 11) is 0. The predicted octanol–water partition coefficient (Wildman–Crippen LogP) is 2.79. The van der Waals surface area contributed by atoms with Crippen LogP contribution in [0.5, 0.6) is 0 Å². The maximum absolute atomic E-state index is 10.6. The number of hydrogen-bond acceptors (Lipinski definition) is 3. The minimum absolute atomic E-state index is 0.0513. The van der Waals surface area contributed by atoms with Crippen molar-refractivity contribution in [2.24, 2.45) is 0 Å². The van der Waals surface area contributed by atoms with E-state index in [9.17, 15) is 10.1 Å². The minimum atomic E-state index is -0.351. The molecule has 16 heavy (non-hydrogen) atoms. The Morgan fingerprint density at radius 1 is 1.38 bits per heavy atom. The fourth-order valence-corrected chi connectivity index (χ4v) is 1.40. The van der Waals surface area contributed by atoms with E-state index in [0.717, 1.165) is 12.1 Å². The zero-order chi connectivity index (χ0) is 12.3. The van der Waals surface area contributed by atoms with Crippen LogP contribution in [0.25, 0.3) is 0 Å². The van der Waals surface area contributed by atoms with Crippen molar-refractivity contribution >= 4 is 5.69 Å². The van der Waals surface area contributed by atoms with Gasteiger partial charge in [0.25, 0.3) is 5.69 Å². The normalized spacial score (nSPS) is 11.5. The van der Waals surface area contributed by atoms with Gasteiger partial charge >= 0.3 is 0 Å². The van der Waals surface area contributed by atoms with Crippen LogP contribution in [0.3, 0.4) is 0 Å². The Balaban J connectivity index is 2.78. The summed E-state index contributed by atoms with van der Waals surface area (Å²) in [6, 6.07) is 5.22. The van der Waals surface area contributed by atoms with E-state index in [1.165, 1.54) is 0 Å². The molecule has 0 aliphatic heterocycles. The quantitative estimate of drug-likeness (QED) is 0.632. The molecule has 0 aromatic heterocycles. The zero-order valence-electron chi connectivity index (χ0n) is 10.2. The molecule has 0 radical (unpaired) electrons. The van der Waals surface area contributed by atoms with E-state index in [0.29, 0.717) is 5.56 Å². The van der Waals surface area contributed by atoms with Crippen molar-refractivity contribution in [2.45, 2.75) is 39.8 Å². The Labute approximate surface area is 95.8 Å². The number of nitrogens with zero attached hydrogens (tertiary/aromatic N) is 1.